The first-order valence-corrected chi connectivity index (χ1v) is 20.2. The second kappa shape index (κ2) is 13.8. The highest BCUT2D eigenvalue weighted by atomic mass is 16.3. The van der Waals surface area contributed by atoms with E-state index in [1.165, 1.54) is 38.1 Å². The molecule has 0 unspecified atom stereocenters. The van der Waals surface area contributed by atoms with Crippen molar-refractivity contribution in [2.45, 2.75) is 0 Å². The molecule has 12 aromatic rings. The fraction of sp³-hybridized carbons (Fsp3) is 0. The van der Waals surface area contributed by atoms with E-state index in [0.29, 0.717) is 17.5 Å². The zero-order valence-corrected chi connectivity index (χ0v) is 32.3. The lowest BCUT2D eigenvalue weighted by Gasteiger charge is -2.13. The molecule has 0 N–H and O–H groups in total. The lowest BCUT2D eigenvalue weighted by molar-refractivity contribution is 0.670. The molecular formula is C55H34N4O. The summed E-state index contributed by atoms with van der Waals surface area (Å²) in [6.45, 7) is 0. The van der Waals surface area contributed by atoms with Crippen LogP contribution in [0.1, 0.15) is 0 Å². The van der Waals surface area contributed by atoms with Gasteiger partial charge in [-0.3, -0.25) is 0 Å². The Morgan fingerprint density at radius 1 is 0.333 bits per heavy atom. The van der Waals surface area contributed by atoms with E-state index < -0.39 is 0 Å². The van der Waals surface area contributed by atoms with Crippen molar-refractivity contribution in [2.24, 2.45) is 0 Å². The third-order valence-electron chi connectivity index (χ3n) is 11.6. The molecule has 12 rings (SSSR count). The molecule has 0 amide bonds. The molecule has 0 bridgehead atoms. The van der Waals surface area contributed by atoms with Gasteiger partial charge in [0.05, 0.1) is 11.0 Å². The van der Waals surface area contributed by atoms with Crippen molar-refractivity contribution in [3.63, 3.8) is 0 Å². The highest BCUT2D eigenvalue weighted by molar-refractivity contribution is 6.13. The summed E-state index contributed by atoms with van der Waals surface area (Å²) < 4.78 is 9.25. The van der Waals surface area contributed by atoms with Gasteiger partial charge in [-0.1, -0.05) is 158 Å². The fourth-order valence-corrected chi connectivity index (χ4v) is 8.80. The van der Waals surface area contributed by atoms with E-state index in [1.54, 1.807) is 0 Å². The number of furan rings is 1. The predicted molar refractivity (Wildman–Crippen MR) is 246 cm³/mol. The number of aromatic nitrogens is 4. The molecule has 9 aromatic carbocycles. The third-order valence-corrected chi connectivity index (χ3v) is 11.6. The number of fused-ring (bicyclic) bond motifs is 7. The van der Waals surface area contributed by atoms with E-state index in [2.05, 4.69) is 150 Å². The first-order valence-electron chi connectivity index (χ1n) is 20.2. The molecule has 0 spiro atoms. The topological polar surface area (TPSA) is 56.7 Å². The predicted octanol–water partition coefficient (Wildman–Crippen LogP) is 14.4. The van der Waals surface area contributed by atoms with Gasteiger partial charge < -0.3 is 8.98 Å². The van der Waals surface area contributed by atoms with Gasteiger partial charge in [0, 0.05) is 49.5 Å². The molecule has 0 fully saturated rings. The molecule has 0 saturated heterocycles. The zero-order valence-electron chi connectivity index (χ0n) is 32.3. The highest BCUT2D eigenvalue weighted by Gasteiger charge is 2.19. The number of nitrogens with zero attached hydrogens (tertiary/aromatic N) is 4. The van der Waals surface area contributed by atoms with Crippen LogP contribution in [0, 0.1) is 0 Å². The molecular weight excluding hydrogens is 733 g/mol. The molecule has 0 aliphatic carbocycles. The average Bonchev–Trinajstić information content (AvgIpc) is 3.87. The van der Waals surface area contributed by atoms with Crippen molar-refractivity contribution in [1.82, 2.24) is 19.5 Å². The Kier molecular flexibility index (Phi) is 7.78. The van der Waals surface area contributed by atoms with Crippen LogP contribution < -0.4 is 0 Å². The molecule has 0 aliphatic rings. The third kappa shape index (κ3) is 5.59. The molecule has 5 heteroatoms. The first kappa shape index (κ1) is 33.9. The van der Waals surface area contributed by atoms with Gasteiger partial charge >= 0.3 is 0 Å². The summed E-state index contributed by atoms with van der Waals surface area (Å²) in [5.41, 5.74) is 12.3. The summed E-state index contributed by atoms with van der Waals surface area (Å²) in [6, 6.07) is 72.3. The van der Waals surface area contributed by atoms with Crippen LogP contribution in [0.5, 0.6) is 0 Å². The van der Waals surface area contributed by atoms with Crippen molar-refractivity contribution in [3.05, 3.63) is 206 Å². The summed E-state index contributed by atoms with van der Waals surface area (Å²) >= 11 is 0. The maximum atomic E-state index is 6.87. The number of hydrogen-bond donors (Lipinski definition) is 0. The molecule has 0 saturated carbocycles. The van der Waals surface area contributed by atoms with Gasteiger partial charge in [0.25, 0.3) is 0 Å². The van der Waals surface area contributed by atoms with Crippen molar-refractivity contribution >= 4 is 54.5 Å². The van der Waals surface area contributed by atoms with Crippen molar-refractivity contribution < 1.29 is 4.42 Å². The Morgan fingerprint density at radius 3 is 1.67 bits per heavy atom. The molecule has 0 aliphatic heterocycles. The standard InChI is InChI=1S/C55H34N4O/c1-4-15-35(16-5-1)53-56-54(36-17-6-2-7-18-36)58-55(57-53)39-28-30-46-47-25-14-24-43(52(47)60-51(46)34-39)40-31-37-19-10-11-22-42(37)48(32-40)38-27-29-45-44-23-12-13-26-49(44)59(50(45)33-38)41-20-8-3-9-21-41/h1-34H. The Labute approximate surface area is 345 Å². The van der Waals surface area contributed by atoms with Crippen molar-refractivity contribution in [1.29, 1.82) is 0 Å². The van der Waals surface area contributed by atoms with Crippen LogP contribution >= 0.6 is 0 Å². The maximum absolute atomic E-state index is 6.87. The van der Waals surface area contributed by atoms with Crippen LogP contribution in [-0.4, -0.2) is 19.5 Å². The zero-order chi connectivity index (χ0) is 39.6. The lowest BCUT2D eigenvalue weighted by atomic mass is 9.92. The van der Waals surface area contributed by atoms with Crippen LogP contribution in [0.2, 0.25) is 0 Å². The van der Waals surface area contributed by atoms with E-state index in [4.69, 9.17) is 19.4 Å². The van der Waals surface area contributed by atoms with Gasteiger partial charge in [0.1, 0.15) is 11.2 Å². The number of rotatable bonds is 6. The van der Waals surface area contributed by atoms with E-state index in [-0.39, 0.29) is 0 Å². The van der Waals surface area contributed by atoms with Gasteiger partial charge in [0.15, 0.2) is 17.5 Å². The molecule has 3 aromatic heterocycles. The Balaban J connectivity index is 1.01. The minimum atomic E-state index is 0.590. The molecule has 0 atom stereocenters. The lowest BCUT2D eigenvalue weighted by Crippen LogP contribution is -2.00. The van der Waals surface area contributed by atoms with Gasteiger partial charge in [-0.15, -0.1) is 0 Å². The number of para-hydroxylation sites is 3. The molecule has 3 heterocycles. The Morgan fingerprint density at radius 2 is 0.917 bits per heavy atom. The van der Waals surface area contributed by atoms with Crippen LogP contribution in [0.3, 0.4) is 0 Å². The minimum Gasteiger partial charge on any atom is -0.455 e. The Hall–Kier alpha value is -8.15. The van der Waals surface area contributed by atoms with E-state index in [9.17, 15) is 0 Å². The summed E-state index contributed by atoms with van der Waals surface area (Å²) in [5.74, 6) is 1.84. The summed E-state index contributed by atoms with van der Waals surface area (Å²) in [5, 5.41) is 6.94. The van der Waals surface area contributed by atoms with Gasteiger partial charge in [0.2, 0.25) is 0 Å². The maximum Gasteiger partial charge on any atom is 0.164 e. The second-order valence-electron chi connectivity index (χ2n) is 15.2. The quantitative estimate of drug-likeness (QED) is 0.169. The fourth-order valence-electron chi connectivity index (χ4n) is 8.80. The smallest absolute Gasteiger partial charge is 0.164 e. The summed E-state index contributed by atoms with van der Waals surface area (Å²) in [7, 11) is 0. The Bertz CT molecular complexity index is 3530. The summed E-state index contributed by atoms with van der Waals surface area (Å²) in [4.78, 5) is 14.9. The minimum absolute atomic E-state index is 0.590. The largest absolute Gasteiger partial charge is 0.455 e. The first-order chi connectivity index (χ1) is 29.7. The monoisotopic (exact) mass is 766 g/mol. The summed E-state index contributed by atoms with van der Waals surface area (Å²) in [6.07, 6.45) is 0. The van der Waals surface area contributed by atoms with Gasteiger partial charge in [-0.2, -0.15) is 0 Å². The normalized spacial score (nSPS) is 11.7. The van der Waals surface area contributed by atoms with Gasteiger partial charge in [-0.05, 0) is 76.0 Å². The van der Waals surface area contributed by atoms with Crippen LogP contribution in [0.4, 0.5) is 0 Å². The van der Waals surface area contributed by atoms with Crippen molar-refractivity contribution in [2.75, 3.05) is 0 Å². The van der Waals surface area contributed by atoms with Crippen molar-refractivity contribution in [3.8, 4) is 62.1 Å². The SMILES string of the molecule is c1ccc(-c2nc(-c3ccccc3)nc(-c3ccc4c(c3)oc3c(-c5cc(-c6ccc7c8ccccc8n(-c8ccccc8)c7c6)c6ccccc6c5)cccc34)n2)cc1. The molecule has 280 valence electrons. The van der Waals surface area contributed by atoms with Crippen LogP contribution in [0.25, 0.3) is 117 Å². The van der Waals surface area contributed by atoms with Gasteiger partial charge in [-0.25, -0.2) is 15.0 Å². The number of benzene rings is 9. The molecule has 60 heavy (non-hydrogen) atoms. The average molecular weight is 767 g/mol. The van der Waals surface area contributed by atoms with E-state index in [1.807, 2.05) is 60.7 Å². The van der Waals surface area contributed by atoms with Crippen LogP contribution in [0.15, 0.2) is 211 Å². The molecule has 5 nitrogen and oxygen atoms in total. The van der Waals surface area contributed by atoms with E-state index >= 15 is 0 Å². The van der Waals surface area contributed by atoms with Crippen LogP contribution in [-0.2, 0) is 0 Å². The second-order valence-corrected chi connectivity index (χ2v) is 15.2. The highest BCUT2D eigenvalue weighted by Crippen LogP contribution is 2.42. The van der Waals surface area contributed by atoms with E-state index in [0.717, 1.165) is 61.0 Å². The number of hydrogen-bond acceptors (Lipinski definition) is 4. The molecule has 0 radical (unpaired) electrons.